The molecule has 0 spiro atoms. The average molecular weight is 336 g/mol. The zero-order valence-corrected chi connectivity index (χ0v) is 14.8. The molecule has 0 aliphatic rings. The van der Waals surface area contributed by atoms with Crippen LogP contribution in [0.4, 0.5) is 5.69 Å². The summed E-state index contributed by atoms with van der Waals surface area (Å²) in [5.41, 5.74) is 1.06. The largest absolute Gasteiger partial charge is 0.465 e. The van der Waals surface area contributed by atoms with Crippen molar-refractivity contribution in [1.82, 2.24) is 5.32 Å². The van der Waals surface area contributed by atoms with Crippen LogP contribution in [-0.4, -0.2) is 24.7 Å². The van der Waals surface area contributed by atoms with E-state index in [1.807, 2.05) is 24.3 Å². The van der Waals surface area contributed by atoms with Crippen LogP contribution >= 0.6 is 23.6 Å². The Morgan fingerprint density at radius 2 is 2.05 bits per heavy atom. The van der Waals surface area contributed by atoms with Gasteiger partial charge in [0.05, 0.1) is 7.11 Å². The molecule has 0 amide bonds. The van der Waals surface area contributed by atoms with Crippen molar-refractivity contribution >= 4 is 50.4 Å². The highest BCUT2D eigenvalue weighted by atomic mass is 32.1. The number of ether oxygens (including phenoxy) is 1. The zero-order valence-electron chi connectivity index (χ0n) is 13.1. The Labute approximate surface area is 139 Å². The molecule has 2 rings (SSSR count). The molecule has 0 unspecified atom stereocenters. The van der Waals surface area contributed by atoms with E-state index in [0.29, 0.717) is 9.99 Å². The molecule has 0 fully saturated rings. The molecule has 0 saturated heterocycles. The van der Waals surface area contributed by atoms with Crippen molar-refractivity contribution < 1.29 is 9.53 Å². The van der Waals surface area contributed by atoms with Crippen LogP contribution in [-0.2, 0) is 4.74 Å². The molecule has 2 aromatic rings. The fourth-order valence-electron chi connectivity index (χ4n) is 1.84. The summed E-state index contributed by atoms with van der Waals surface area (Å²) in [4.78, 5) is 12.2. The van der Waals surface area contributed by atoms with Gasteiger partial charge in [-0.25, -0.2) is 4.79 Å². The van der Waals surface area contributed by atoms with Gasteiger partial charge in [0.15, 0.2) is 5.11 Å². The minimum absolute atomic E-state index is 0.165. The summed E-state index contributed by atoms with van der Waals surface area (Å²) in [5.74, 6) is -0.307. The SMILES string of the molecule is COC(=O)c1cc2cc(NC(=S)NCC(C)(C)C)ccc2s1. The normalized spacial score (nSPS) is 11.3. The number of carbonyl (C=O) groups excluding carboxylic acids is 1. The summed E-state index contributed by atoms with van der Waals surface area (Å²) < 4.78 is 5.79. The van der Waals surface area contributed by atoms with Gasteiger partial charge in [0.25, 0.3) is 0 Å². The molecule has 0 aliphatic carbocycles. The van der Waals surface area contributed by atoms with Gasteiger partial charge in [0.2, 0.25) is 0 Å². The van der Waals surface area contributed by atoms with Crippen LogP contribution in [0.25, 0.3) is 10.1 Å². The molecule has 0 aliphatic heterocycles. The third-order valence-corrected chi connectivity index (χ3v) is 4.28. The summed E-state index contributed by atoms with van der Waals surface area (Å²) in [6.45, 7) is 7.24. The van der Waals surface area contributed by atoms with Crippen LogP contribution in [0.5, 0.6) is 0 Å². The second kappa shape index (κ2) is 6.62. The smallest absolute Gasteiger partial charge is 0.348 e. The van der Waals surface area contributed by atoms with Crippen molar-refractivity contribution in [3.63, 3.8) is 0 Å². The molecule has 0 bridgehead atoms. The van der Waals surface area contributed by atoms with Gasteiger partial charge in [-0.2, -0.15) is 0 Å². The second-order valence-corrected chi connectivity index (χ2v) is 7.72. The predicted molar refractivity (Wildman–Crippen MR) is 96.8 cm³/mol. The molecule has 1 aromatic heterocycles. The maximum Gasteiger partial charge on any atom is 0.348 e. The Hall–Kier alpha value is -1.66. The summed E-state index contributed by atoms with van der Waals surface area (Å²) in [6.07, 6.45) is 0. The van der Waals surface area contributed by atoms with Crippen molar-refractivity contribution in [1.29, 1.82) is 0 Å². The highest BCUT2D eigenvalue weighted by molar-refractivity contribution is 7.80. The minimum atomic E-state index is -0.307. The van der Waals surface area contributed by atoms with E-state index in [0.717, 1.165) is 22.3 Å². The second-order valence-electron chi connectivity index (χ2n) is 6.22. The van der Waals surface area contributed by atoms with Gasteiger partial charge in [-0.15, -0.1) is 11.3 Å². The molecule has 1 aromatic carbocycles. The van der Waals surface area contributed by atoms with Gasteiger partial charge in [-0.05, 0) is 47.3 Å². The first kappa shape index (κ1) is 16.7. The van der Waals surface area contributed by atoms with Crippen molar-refractivity contribution in [3.05, 3.63) is 29.1 Å². The molecule has 118 valence electrons. The topological polar surface area (TPSA) is 50.4 Å². The van der Waals surface area contributed by atoms with Gasteiger partial charge < -0.3 is 15.4 Å². The lowest BCUT2D eigenvalue weighted by Crippen LogP contribution is -2.35. The van der Waals surface area contributed by atoms with Gasteiger partial charge in [-0.1, -0.05) is 20.8 Å². The first-order valence-corrected chi connectivity index (χ1v) is 8.18. The Kier molecular flexibility index (Phi) is 5.03. The van der Waals surface area contributed by atoms with Gasteiger partial charge in [-0.3, -0.25) is 0 Å². The number of fused-ring (bicyclic) bond motifs is 1. The monoisotopic (exact) mass is 336 g/mol. The van der Waals surface area contributed by atoms with Gasteiger partial charge in [0.1, 0.15) is 4.88 Å². The van der Waals surface area contributed by atoms with E-state index in [9.17, 15) is 4.79 Å². The number of esters is 1. The lowest BCUT2D eigenvalue weighted by molar-refractivity contribution is 0.0606. The molecular formula is C16H20N2O2S2. The van der Waals surface area contributed by atoms with Gasteiger partial charge >= 0.3 is 5.97 Å². The first-order valence-electron chi connectivity index (χ1n) is 6.95. The molecular weight excluding hydrogens is 316 g/mol. The number of hydrogen-bond donors (Lipinski definition) is 2. The quantitative estimate of drug-likeness (QED) is 0.655. The molecule has 0 atom stereocenters. The minimum Gasteiger partial charge on any atom is -0.465 e. The average Bonchev–Trinajstić information content (AvgIpc) is 2.86. The van der Waals surface area contributed by atoms with Crippen LogP contribution in [0.2, 0.25) is 0 Å². The molecule has 2 N–H and O–H groups in total. The van der Waals surface area contributed by atoms with Crippen molar-refractivity contribution in [2.75, 3.05) is 19.0 Å². The molecule has 1 heterocycles. The number of benzene rings is 1. The number of nitrogens with one attached hydrogen (secondary N) is 2. The standard InChI is InChI=1S/C16H20N2O2S2/c1-16(2,3)9-17-15(21)18-11-5-6-12-10(7-11)8-13(22-12)14(19)20-4/h5-8H,9H2,1-4H3,(H2,17,18,21). The van der Waals surface area contributed by atoms with Crippen LogP contribution in [0.3, 0.4) is 0 Å². The lowest BCUT2D eigenvalue weighted by Gasteiger charge is -2.20. The molecule has 4 nitrogen and oxygen atoms in total. The summed E-state index contributed by atoms with van der Waals surface area (Å²) in [7, 11) is 1.39. The van der Waals surface area contributed by atoms with Crippen molar-refractivity contribution in [2.24, 2.45) is 5.41 Å². The summed E-state index contributed by atoms with van der Waals surface area (Å²) >= 11 is 6.72. The van der Waals surface area contributed by atoms with E-state index in [1.165, 1.54) is 18.4 Å². The Balaban J connectivity index is 2.09. The third kappa shape index (κ3) is 4.42. The number of anilines is 1. The van der Waals surface area contributed by atoms with E-state index in [1.54, 1.807) is 0 Å². The van der Waals surface area contributed by atoms with Crippen LogP contribution in [0.1, 0.15) is 30.4 Å². The highest BCUT2D eigenvalue weighted by Gasteiger charge is 2.12. The maximum absolute atomic E-state index is 11.6. The number of rotatable bonds is 3. The fraction of sp³-hybridized carbons (Fsp3) is 0.375. The third-order valence-electron chi connectivity index (χ3n) is 2.94. The molecule has 0 radical (unpaired) electrons. The van der Waals surface area contributed by atoms with Crippen LogP contribution in [0.15, 0.2) is 24.3 Å². The van der Waals surface area contributed by atoms with E-state index in [-0.39, 0.29) is 11.4 Å². The summed E-state index contributed by atoms with van der Waals surface area (Å²) in [5, 5.41) is 7.96. The van der Waals surface area contributed by atoms with E-state index in [2.05, 4.69) is 31.4 Å². The first-order chi connectivity index (χ1) is 10.3. The Morgan fingerprint density at radius 3 is 2.68 bits per heavy atom. The van der Waals surface area contributed by atoms with E-state index in [4.69, 9.17) is 17.0 Å². The number of thiocarbonyl (C=S) groups is 1. The highest BCUT2D eigenvalue weighted by Crippen LogP contribution is 2.28. The molecule has 6 heteroatoms. The fourth-order valence-corrected chi connectivity index (χ4v) is 2.99. The van der Waals surface area contributed by atoms with E-state index < -0.39 is 0 Å². The van der Waals surface area contributed by atoms with Gasteiger partial charge in [0, 0.05) is 16.9 Å². The lowest BCUT2D eigenvalue weighted by atomic mass is 9.97. The Bertz CT molecular complexity index is 702. The predicted octanol–water partition coefficient (Wildman–Crippen LogP) is 4.02. The van der Waals surface area contributed by atoms with E-state index >= 15 is 0 Å². The maximum atomic E-state index is 11.6. The molecule has 22 heavy (non-hydrogen) atoms. The number of methoxy groups -OCH3 is 1. The number of thiophene rings is 1. The van der Waals surface area contributed by atoms with Crippen molar-refractivity contribution in [3.8, 4) is 0 Å². The summed E-state index contributed by atoms with van der Waals surface area (Å²) in [6, 6.07) is 7.73. The zero-order chi connectivity index (χ0) is 16.3. The van der Waals surface area contributed by atoms with Crippen LogP contribution < -0.4 is 10.6 Å². The Morgan fingerprint density at radius 1 is 1.32 bits per heavy atom. The number of hydrogen-bond acceptors (Lipinski definition) is 4. The number of carbonyl (C=O) groups is 1. The van der Waals surface area contributed by atoms with Crippen molar-refractivity contribution in [2.45, 2.75) is 20.8 Å². The van der Waals surface area contributed by atoms with Crippen LogP contribution in [0, 0.1) is 5.41 Å². The molecule has 0 saturated carbocycles.